The third-order valence-corrected chi connectivity index (χ3v) is 2.27. The Kier molecular flexibility index (Phi) is 2.18. The highest BCUT2D eigenvalue weighted by atomic mass is 32.1. The molecule has 2 aromatic rings. The van der Waals surface area contributed by atoms with Gasteiger partial charge in [0.05, 0.1) is 5.69 Å². The van der Waals surface area contributed by atoms with Crippen LogP contribution >= 0.6 is 11.5 Å². The first kappa shape index (κ1) is 8.12. The van der Waals surface area contributed by atoms with Gasteiger partial charge in [-0.3, -0.25) is 4.98 Å². The second-order valence-corrected chi connectivity index (χ2v) is 3.26. The molecule has 2 heterocycles. The van der Waals surface area contributed by atoms with Crippen molar-refractivity contribution in [3.63, 3.8) is 0 Å². The van der Waals surface area contributed by atoms with Crippen molar-refractivity contribution < 1.29 is 0 Å². The first-order chi connectivity index (χ1) is 6.36. The van der Waals surface area contributed by atoms with Crippen molar-refractivity contribution in [3.8, 4) is 0 Å². The number of pyridine rings is 1. The summed E-state index contributed by atoms with van der Waals surface area (Å²) < 4.78 is 3.78. The maximum atomic E-state index is 5.75. The number of nitrogens with two attached hydrogens (primary N) is 1. The summed E-state index contributed by atoms with van der Waals surface area (Å²) in [6, 6.07) is 1.79. The van der Waals surface area contributed by atoms with Gasteiger partial charge in [-0.2, -0.15) is 0 Å². The topological polar surface area (TPSA) is 64.7 Å². The van der Waals surface area contributed by atoms with Crippen LogP contribution in [-0.2, 0) is 6.42 Å². The van der Waals surface area contributed by atoms with E-state index >= 15 is 0 Å². The Morgan fingerprint density at radius 3 is 3.08 bits per heavy atom. The number of hydrogen-bond acceptors (Lipinski definition) is 5. The van der Waals surface area contributed by atoms with Gasteiger partial charge in [-0.1, -0.05) is 4.49 Å². The van der Waals surface area contributed by atoms with Crippen molar-refractivity contribution in [1.29, 1.82) is 0 Å². The number of anilines is 1. The van der Waals surface area contributed by atoms with Crippen LogP contribution in [0.2, 0.25) is 0 Å². The molecule has 4 nitrogen and oxygen atoms in total. The van der Waals surface area contributed by atoms with E-state index in [4.69, 9.17) is 5.73 Å². The molecule has 66 valence electrons. The van der Waals surface area contributed by atoms with Gasteiger partial charge in [-0.15, -0.1) is 5.10 Å². The monoisotopic (exact) mass is 192 g/mol. The van der Waals surface area contributed by atoms with Crippen LogP contribution in [-0.4, -0.2) is 14.6 Å². The molecule has 0 unspecified atom stereocenters. The predicted molar refractivity (Wildman–Crippen MR) is 51.4 cm³/mol. The van der Waals surface area contributed by atoms with E-state index in [0.29, 0.717) is 6.42 Å². The van der Waals surface area contributed by atoms with Gasteiger partial charge in [0.2, 0.25) is 0 Å². The van der Waals surface area contributed by atoms with Crippen molar-refractivity contribution in [2.45, 2.75) is 6.42 Å². The van der Waals surface area contributed by atoms with Gasteiger partial charge in [0, 0.05) is 29.9 Å². The predicted octanol–water partition coefficient (Wildman–Crippen LogP) is 1.11. The third kappa shape index (κ3) is 1.81. The summed E-state index contributed by atoms with van der Waals surface area (Å²) >= 11 is 1.34. The minimum atomic E-state index is 0.705. The first-order valence-corrected chi connectivity index (χ1v) is 4.64. The SMILES string of the molecule is Nc1ccncc1Cc1csnn1. The smallest absolute Gasteiger partial charge is 0.0800 e. The molecule has 0 saturated heterocycles. The molecule has 0 fully saturated rings. The molecule has 0 aliphatic rings. The highest BCUT2D eigenvalue weighted by molar-refractivity contribution is 7.03. The van der Waals surface area contributed by atoms with E-state index in [0.717, 1.165) is 16.9 Å². The van der Waals surface area contributed by atoms with Crippen LogP contribution in [0.4, 0.5) is 5.69 Å². The molecular formula is C8H8N4S. The van der Waals surface area contributed by atoms with E-state index in [-0.39, 0.29) is 0 Å². The van der Waals surface area contributed by atoms with Crippen molar-refractivity contribution >= 4 is 17.2 Å². The zero-order chi connectivity index (χ0) is 9.10. The summed E-state index contributed by atoms with van der Waals surface area (Å²) in [5.74, 6) is 0. The average molecular weight is 192 g/mol. The van der Waals surface area contributed by atoms with Crippen molar-refractivity contribution in [2.75, 3.05) is 5.73 Å². The van der Waals surface area contributed by atoms with Crippen LogP contribution in [0.3, 0.4) is 0 Å². The van der Waals surface area contributed by atoms with Crippen LogP contribution in [0.5, 0.6) is 0 Å². The van der Waals surface area contributed by atoms with Crippen LogP contribution < -0.4 is 5.73 Å². The highest BCUT2D eigenvalue weighted by Gasteiger charge is 2.02. The molecule has 0 aliphatic heterocycles. The molecular weight excluding hydrogens is 184 g/mol. The second-order valence-electron chi connectivity index (χ2n) is 2.65. The largest absolute Gasteiger partial charge is 0.398 e. The quantitative estimate of drug-likeness (QED) is 0.774. The van der Waals surface area contributed by atoms with Gasteiger partial charge in [0.25, 0.3) is 0 Å². The molecule has 2 aromatic heterocycles. The molecule has 0 spiro atoms. The molecule has 0 saturated carbocycles. The number of nitrogen functional groups attached to an aromatic ring is 1. The Bertz CT molecular complexity index is 385. The van der Waals surface area contributed by atoms with E-state index in [9.17, 15) is 0 Å². The fraction of sp³-hybridized carbons (Fsp3) is 0.125. The van der Waals surface area contributed by atoms with Gasteiger partial charge in [-0.05, 0) is 23.2 Å². The first-order valence-electron chi connectivity index (χ1n) is 3.80. The maximum Gasteiger partial charge on any atom is 0.0800 e. The van der Waals surface area contributed by atoms with Crippen LogP contribution in [0, 0.1) is 0 Å². The number of aromatic nitrogens is 3. The second kappa shape index (κ2) is 3.49. The van der Waals surface area contributed by atoms with Crippen LogP contribution in [0.25, 0.3) is 0 Å². The van der Waals surface area contributed by atoms with Crippen molar-refractivity contribution in [3.05, 3.63) is 35.1 Å². The maximum absolute atomic E-state index is 5.75. The Hall–Kier alpha value is -1.49. The third-order valence-electron chi connectivity index (χ3n) is 1.72. The molecule has 0 aliphatic carbocycles. The molecule has 2 N–H and O–H groups in total. The van der Waals surface area contributed by atoms with Crippen molar-refractivity contribution in [2.24, 2.45) is 0 Å². The van der Waals surface area contributed by atoms with Crippen molar-refractivity contribution in [1.82, 2.24) is 14.6 Å². The van der Waals surface area contributed by atoms with Gasteiger partial charge < -0.3 is 5.73 Å². The number of rotatable bonds is 2. The average Bonchev–Trinajstić information content (AvgIpc) is 2.61. The minimum absolute atomic E-state index is 0.705. The summed E-state index contributed by atoms with van der Waals surface area (Å²) in [4.78, 5) is 4.00. The zero-order valence-corrected chi connectivity index (χ0v) is 7.66. The van der Waals surface area contributed by atoms with E-state index < -0.39 is 0 Å². The Balaban J connectivity index is 2.24. The fourth-order valence-corrected chi connectivity index (χ4v) is 1.49. The lowest BCUT2D eigenvalue weighted by molar-refractivity contribution is 1.01. The van der Waals surface area contributed by atoms with E-state index in [1.54, 1.807) is 18.5 Å². The molecule has 13 heavy (non-hydrogen) atoms. The summed E-state index contributed by atoms with van der Waals surface area (Å²) in [7, 11) is 0. The lowest BCUT2D eigenvalue weighted by Gasteiger charge is -2.00. The van der Waals surface area contributed by atoms with E-state index in [1.165, 1.54) is 11.5 Å². The molecule has 0 atom stereocenters. The lowest BCUT2D eigenvalue weighted by Crippen LogP contribution is -1.96. The molecule has 5 heteroatoms. The Morgan fingerprint density at radius 2 is 2.38 bits per heavy atom. The molecule has 0 aromatic carbocycles. The summed E-state index contributed by atoms with van der Waals surface area (Å²) in [6.45, 7) is 0. The van der Waals surface area contributed by atoms with Crippen LogP contribution in [0.1, 0.15) is 11.3 Å². The fourth-order valence-electron chi connectivity index (χ4n) is 1.04. The lowest BCUT2D eigenvalue weighted by atomic mass is 10.1. The van der Waals surface area contributed by atoms with E-state index in [2.05, 4.69) is 14.6 Å². The summed E-state index contributed by atoms with van der Waals surface area (Å²) in [5, 5.41) is 5.85. The molecule has 0 radical (unpaired) electrons. The normalized spacial score (nSPS) is 10.2. The zero-order valence-electron chi connectivity index (χ0n) is 6.84. The number of nitrogens with zero attached hydrogens (tertiary/aromatic N) is 3. The Labute approximate surface area is 79.6 Å². The Morgan fingerprint density at radius 1 is 1.46 bits per heavy atom. The van der Waals surface area contributed by atoms with Gasteiger partial charge >= 0.3 is 0 Å². The minimum Gasteiger partial charge on any atom is -0.398 e. The summed E-state index contributed by atoms with van der Waals surface area (Å²) in [5.41, 5.74) is 8.44. The van der Waals surface area contributed by atoms with E-state index in [1.807, 2.05) is 5.38 Å². The highest BCUT2D eigenvalue weighted by Crippen LogP contribution is 2.13. The van der Waals surface area contributed by atoms with Crippen LogP contribution in [0.15, 0.2) is 23.8 Å². The summed E-state index contributed by atoms with van der Waals surface area (Å²) in [6.07, 6.45) is 4.14. The molecule has 0 bridgehead atoms. The standard InChI is InChI=1S/C8H8N4S/c9-8-1-2-10-4-6(8)3-7-5-13-12-11-7/h1-2,4-5H,3H2,(H2,9,10). The van der Waals surface area contributed by atoms with Gasteiger partial charge in [-0.25, -0.2) is 0 Å². The van der Waals surface area contributed by atoms with Gasteiger partial charge in [0.1, 0.15) is 0 Å². The molecule has 2 rings (SSSR count). The van der Waals surface area contributed by atoms with Gasteiger partial charge in [0.15, 0.2) is 0 Å². The molecule has 0 amide bonds. The number of hydrogen-bond donors (Lipinski definition) is 1.